The third kappa shape index (κ3) is 4.64. The molecule has 3 aliphatic rings. The predicted molar refractivity (Wildman–Crippen MR) is 131 cm³/mol. The molecule has 36 heavy (non-hydrogen) atoms. The van der Waals surface area contributed by atoms with Crippen molar-refractivity contribution in [2.45, 2.75) is 44.7 Å². The number of rotatable bonds is 6. The van der Waals surface area contributed by atoms with E-state index in [2.05, 4.69) is 10.4 Å². The van der Waals surface area contributed by atoms with Crippen LogP contribution in [0, 0.1) is 5.92 Å². The number of nitrogens with one attached hydrogen (secondary N) is 1. The number of methoxy groups -OCH3 is 2. The van der Waals surface area contributed by atoms with E-state index in [0.717, 1.165) is 36.9 Å². The summed E-state index contributed by atoms with van der Waals surface area (Å²) < 4.78 is 12.4. The van der Waals surface area contributed by atoms with E-state index in [9.17, 15) is 14.4 Å². The Bertz CT molecular complexity index is 1190. The van der Waals surface area contributed by atoms with Gasteiger partial charge in [-0.2, -0.15) is 5.10 Å². The van der Waals surface area contributed by atoms with E-state index < -0.39 is 0 Å². The van der Waals surface area contributed by atoms with Gasteiger partial charge >= 0.3 is 0 Å². The molecule has 5 rings (SSSR count). The van der Waals surface area contributed by atoms with Crippen LogP contribution in [-0.2, 0) is 24.8 Å². The number of ether oxygens (including phenoxy) is 2. The average Bonchev–Trinajstić information content (AvgIpc) is 3.67. The lowest BCUT2D eigenvalue weighted by Crippen LogP contribution is -2.46. The van der Waals surface area contributed by atoms with E-state index in [-0.39, 0.29) is 30.2 Å². The van der Waals surface area contributed by atoms with Gasteiger partial charge in [0.05, 0.1) is 32.2 Å². The Labute approximate surface area is 210 Å². The molecule has 10 heteroatoms. The van der Waals surface area contributed by atoms with Crippen molar-refractivity contribution in [3.8, 4) is 11.5 Å². The molecule has 1 aromatic heterocycles. The van der Waals surface area contributed by atoms with Crippen molar-refractivity contribution in [1.29, 1.82) is 0 Å². The number of fused-ring (bicyclic) bond motifs is 1. The molecule has 0 bridgehead atoms. The Hall–Kier alpha value is -3.56. The van der Waals surface area contributed by atoms with Gasteiger partial charge in [0.25, 0.3) is 11.8 Å². The van der Waals surface area contributed by atoms with Crippen molar-refractivity contribution in [3.63, 3.8) is 0 Å². The molecule has 1 aromatic carbocycles. The minimum Gasteiger partial charge on any atom is -0.497 e. The van der Waals surface area contributed by atoms with Crippen LogP contribution in [-0.4, -0.2) is 77.2 Å². The van der Waals surface area contributed by atoms with E-state index in [1.165, 1.54) is 7.11 Å². The number of likely N-dealkylation sites (tertiary alicyclic amines) is 1. The van der Waals surface area contributed by atoms with Gasteiger partial charge < -0.3 is 24.6 Å². The van der Waals surface area contributed by atoms with E-state index in [0.29, 0.717) is 54.9 Å². The first-order valence-electron chi connectivity index (χ1n) is 12.5. The third-order valence-corrected chi connectivity index (χ3v) is 7.37. The van der Waals surface area contributed by atoms with Crippen LogP contribution in [0.15, 0.2) is 18.2 Å². The Morgan fingerprint density at radius 2 is 1.83 bits per heavy atom. The number of hydrogen-bond donors (Lipinski definition) is 1. The summed E-state index contributed by atoms with van der Waals surface area (Å²) in [5.41, 5.74) is 2.55. The van der Waals surface area contributed by atoms with Crippen molar-refractivity contribution in [2.24, 2.45) is 13.0 Å². The third-order valence-electron chi connectivity index (χ3n) is 7.37. The second-order valence-corrected chi connectivity index (χ2v) is 9.81. The van der Waals surface area contributed by atoms with Crippen molar-refractivity contribution >= 4 is 17.7 Å². The highest BCUT2D eigenvalue weighted by atomic mass is 16.5. The summed E-state index contributed by atoms with van der Waals surface area (Å²) in [6, 6.07) is 5.43. The highest BCUT2D eigenvalue weighted by Gasteiger charge is 2.36. The number of carbonyl (C=O) groups is 3. The molecule has 1 atom stereocenters. The first-order valence-corrected chi connectivity index (χ1v) is 12.5. The topological polar surface area (TPSA) is 106 Å². The first-order chi connectivity index (χ1) is 17.4. The lowest BCUT2D eigenvalue weighted by Gasteiger charge is -2.32. The van der Waals surface area contributed by atoms with E-state index in [4.69, 9.17) is 9.47 Å². The SMILES string of the molecule is COc1ccc(C(=O)N2CCc3c(c(C(=O)N4CCC[C@H](C(=O)NC5CC5)C4)nn3C)C2)c(OC)c1. The van der Waals surface area contributed by atoms with Gasteiger partial charge in [0.2, 0.25) is 5.91 Å². The lowest BCUT2D eigenvalue weighted by atomic mass is 9.96. The van der Waals surface area contributed by atoms with Crippen LogP contribution in [0.2, 0.25) is 0 Å². The second-order valence-electron chi connectivity index (χ2n) is 9.81. The standard InChI is InChI=1S/C26H33N5O5/c1-29-21-10-12-31(25(33)19-9-8-18(35-2)13-22(19)36-3)15-20(21)23(28-29)26(34)30-11-4-5-16(14-30)24(32)27-17-6-7-17/h8-9,13,16-17H,4-7,10-12,14-15H2,1-3H3,(H,27,32)/t16-/m0/s1. The fourth-order valence-electron chi connectivity index (χ4n) is 5.16. The maximum Gasteiger partial charge on any atom is 0.274 e. The number of nitrogens with zero attached hydrogens (tertiary/aromatic N) is 4. The Morgan fingerprint density at radius 1 is 1.03 bits per heavy atom. The summed E-state index contributed by atoms with van der Waals surface area (Å²) in [7, 11) is 4.92. The zero-order valence-corrected chi connectivity index (χ0v) is 21.1. The molecule has 1 N–H and O–H groups in total. The monoisotopic (exact) mass is 495 g/mol. The Kier molecular flexibility index (Phi) is 6.59. The summed E-state index contributed by atoms with van der Waals surface area (Å²) in [6.07, 6.45) is 4.25. The van der Waals surface area contributed by atoms with E-state index in [1.54, 1.807) is 39.8 Å². The molecule has 1 saturated heterocycles. The van der Waals surface area contributed by atoms with Crippen molar-refractivity contribution in [2.75, 3.05) is 33.9 Å². The van der Waals surface area contributed by atoms with Gasteiger partial charge in [-0.15, -0.1) is 0 Å². The molecule has 0 spiro atoms. The molecular formula is C26H33N5O5. The average molecular weight is 496 g/mol. The van der Waals surface area contributed by atoms with Gasteiger partial charge in [0.1, 0.15) is 11.5 Å². The Morgan fingerprint density at radius 3 is 2.56 bits per heavy atom. The fraction of sp³-hybridized carbons (Fsp3) is 0.538. The highest BCUT2D eigenvalue weighted by molar-refractivity contribution is 5.98. The van der Waals surface area contributed by atoms with Gasteiger partial charge in [-0.05, 0) is 37.8 Å². The number of amides is 3. The second kappa shape index (κ2) is 9.83. The molecule has 1 saturated carbocycles. The number of aromatic nitrogens is 2. The molecule has 10 nitrogen and oxygen atoms in total. The maximum absolute atomic E-state index is 13.6. The van der Waals surface area contributed by atoms with Crippen LogP contribution < -0.4 is 14.8 Å². The highest BCUT2D eigenvalue weighted by Crippen LogP contribution is 2.30. The quantitative estimate of drug-likeness (QED) is 0.655. The van der Waals surface area contributed by atoms with Crippen LogP contribution in [0.5, 0.6) is 11.5 Å². The molecule has 192 valence electrons. The van der Waals surface area contributed by atoms with Crippen LogP contribution in [0.1, 0.15) is 57.8 Å². The number of piperidine rings is 1. The van der Waals surface area contributed by atoms with Crippen LogP contribution in [0.3, 0.4) is 0 Å². The van der Waals surface area contributed by atoms with Gasteiger partial charge in [0.15, 0.2) is 5.69 Å². The number of aryl methyl sites for hydroxylation is 1. The number of hydrogen-bond acceptors (Lipinski definition) is 6. The van der Waals surface area contributed by atoms with Gasteiger partial charge in [-0.25, -0.2) is 0 Å². The molecule has 3 amide bonds. The number of benzene rings is 1. The van der Waals surface area contributed by atoms with E-state index >= 15 is 0 Å². The molecule has 3 heterocycles. The predicted octanol–water partition coefficient (Wildman–Crippen LogP) is 1.77. The largest absolute Gasteiger partial charge is 0.497 e. The van der Waals surface area contributed by atoms with Crippen LogP contribution in [0.25, 0.3) is 0 Å². The molecule has 0 unspecified atom stereocenters. The van der Waals surface area contributed by atoms with Crippen LogP contribution >= 0.6 is 0 Å². The molecular weight excluding hydrogens is 462 g/mol. The normalized spacial score (nSPS) is 19.5. The molecule has 2 aromatic rings. The zero-order chi connectivity index (χ0) is 25.4. The van der Waals surface area contributed by atoms with Gasteiger partial charge in [0, 0.05) is 56.5 Å². The summed E-state index contributed by atoms with van der Waals surface area (Å²) >= 11 is 0. The zero-order valence-electron chi connectivity index (χ0n) is 21.1. The first kappa shape index (κ1) is 24.1. The maximum atomic E-state index is 13.6. The number of carbonyl (C=O) groups excluding carboxylic acids is 3. The minimum absolute atomic E-state index is 0.0447. The summed E-state index contributed by atoms with van der Waals surface area (Å²) in [5, 5.41) is 7.63. The molecule has 2 fully saturated rings. The smallest absolute Gasteiger partial charge is 0.274 e. The Balaban J connectivity index is 1.34. The fourth-order valence-corrected chi connectivity index (χ4v) is 5.16. The van der Waals surface area contributed by atoms with Crippen molar-refractivity contribution < 1.29 is 23.9 Å². The summed E-state index contributed by atoms with van der Waals surface area (Å²) in [4.78, 5) is 43.1. The molecule has 1 aliphatic carbocycles. The van der Waals surface area contributed by atoms with Crippen molar-refractivity contribution in [3.05, 3.63) is 40.7 Å². The lowest BCUT2D eigenvalue weighted by molar-refractivity contribution is -0.126. The van der Waals surface area contributed by atoms with E-state index in [1.807, 2.05) is 7.05 Å². The van der Waals surface area contributed by atoms with Gasteiger partial charge in [-0.3, -0.25) is 19.1 Å². The van der Waals surface area contributed by atoms with Crippen LogP contribution in [0.4, 0.5) is 0 Å². The minimum atomic E-state index is -0.191. The molecule has 2 aliphatic heterocycles. The summed E-state index contributed by atoms with van der Waals surface area (Å²) in [5.74, 6) is 0.558. The molecule has 0 radical (unpaired) electrons. The van der Waals surface area contributed by atoms with Gasteiger partial charge in [-0.1, -0.05) is 0 Å². The summed E-state index contributed by atoms with van der Waals surface area (Å²) in [6.45, 7) is 1.80. The van der Waals surface area contributed by atoms with Crippen molar-refractivity contribution in [1.82, 2.24) is 24.9 Å².